The van der Waals surface area contributed by atoms with Crippen LogP contribution in [0.2, 0.25) is 0 Å². The maximum Gasteiger partial charge on any atom is 0.264 e. The summed E-state index contributed by atoms with van der Waals surface area (Å²) in [6.07, 6.45) is 0. The Morgan fingerprint density at radius 2 is 1.49 bits per heavy atom. The molecule has 0 fully saturated rings. The molecular weight excluding hydrogens is 484 g/mol. The van der Waals surface area contributed by atoms with E-state index in [0.29, 0.717) is 11.4 Å². The standard InChI is InChI=1S/C30H30N2O4S/c1-22-13-15-25(16-14-22)23(2)31-30(33)28-11-7-8-12-29(28)32(21-24-9-5-4-6-10-24)37(34,35)27-19-17-26(36-3)18-20-27/h4-20,23H,21H2,1-3H3,(H,31,33)/t23-/m0/s1. The number of sulfonamides is 1. The third kappa shape index (κ3) is 6.01. The van der Waals surface area contributed by atoms with Crippen molar-refractivity contribution in [3.8, 4) is 5.75 Å². The van der Waals surface area contributed by atoms with Crippen molar-refractivity contribution in [1.29, 1.82) is 0 Å². The first-order chi connectivity index (χ1) is 17.8. The van der Waals surface area contributed by atoms with Crippen LogP contribution in [0, 0.1) is 6.92 Å². The number of methoxy groups -OCH3 is 1. The summed E-state index contributed by atoms with van der Waals surface area (Å²) >= 11 is 0. The lowest BCUT2D eigenvalue weighted by atomic mass is 10.1. The fraction of sp³-hybridized carbons (Fsp3) is 0.167. The molecule has 37 heavy (non-hydrogen) atoms. The van der Waals surface area contributed by atoms with Crippen molar-refractivity contribution >= 4 is 21.6 Å². The largest absolute Gasteiger partial charge is 0.497 e. The van der Waals surface area contributed by atoms with E-state index in [1.807, 2.05) is 68.4 Å². The minimum Gasteiger partial charge on any atom is -0.497 e. The molecule has 0 spiro atoms. The molecule has 6 nitrogen and oxygen atoms in total. The summed E-state index contributed by atoms with van der Waals surface area (Å²) in [6, 6.07) is 30.0. The Bertz CT molecular complexity index is 1450. The van der Waals surface area contributed by atoms with Gasteiger partial charge in [-0.1, -0.05) is 72.3 Å². The van der Waals surface area contributed by atoms with Gasteiger partial charge in [-0.2, -0.15) is 0 Å². The van der Waals surface area contributed by atoms with Crippen LogP contribution in [0.5, 0.6) is 5.75 Å². The molecule has 0 saturated carbocycles. The predicted octanol–water partition coefficient (Wildman–Crippen LogP) is 5.89. The van der Waals surface area contributed by atoms with Gasteiger partial charge in [-0.05, 0) is 61.4 Å². The zero-order valence-electron chi connectivity index (χ0n) is 21.1. The van der Waals surface area contributed by atoms with Crippen molar-refractivity contribution in [2.45, 2.75) is 31.3 Å². The van der Waals surface area contributed by atoms with Crippen LogP contribution in [0.4, 0.5) is 5.69 Å². The van der Waals surface area contributed by atoms with Crippen molar-refractivity contribution in [3.05, 3.63) is 125 Å². The second-order valence-corrected chi connectivity index (χ2v) is 10.7. The lowest BCUT2D eigenvalue weighted by Crippen LogP contribution is -2.34. The van der Waals surface area contributed by atoms with E-state index in [2.05, 4.69) is 5.32 Å². The number of para-hydroxylation sites is 1. The average Bonchev–Trinajstić information content (AvgIpc) is 2.92. The minimum atomic E-state index is -4.02. The van der Waals surface area contributed by atoms with Gasteiger partial charge in [0.25, 0.3) is 15.9 Å². The third-order valence-corrected chi connectivity index (χ3v) is 7.93. The summed E-state index contributed by atoms with van der Waals surface area (Å²) in [5.41, 5.74) is 3.46. The van der Waals surface area contributed by atoms with Crippen LogP contribution in [0.15, 0.2) is 108 Å². The zero-order valence-corrected chi connectivity index (χ0v) is 21.9. The Kier molecular flexibility index (Phi) is 7.94. The Morgan fingerprint density at radius 3 is 2.14 bits per heavy atom. The number of ether oxygens (including phenoxy) is 1. The number of hydrogen-bond acceptors (Lipinski definition) is 4. The van der Waals surface area contributed by atoms with Gasteiger partial charge in [0.2, 0.25) is 0 Å². The van der Waals surface area contributed by atoms with Crippen molar-refractivity contribution in [2.75, 3.05) is 11.4 Å². The summed E-state index contributed by atoms with van der Waals surface area (Å²) < 4.78 is 34.4. The molecule has 0 aliphatic carbocycles. The van der Waals surface area contributed by atoms with E-state index in [1.54, 1.807) is 36.4 Å². The molecule has 0 unspecified atom stereocenters. The molecule has 0 bridgehead atoms. The average molecular weight is 515 g/mol. The van der Waals surface area contributed by atoms with Crippen LogP contribution in [0.25, 0.3) is 0 Å². The van der Waals surface area contributed by atoms with Crippen LogP contribution in [-0.2, 0) is 16.6 Å². The molecule has 4 aromatic carbocycles. The van der Waals surface area contributed by atoms with Gasteiger partial charge < -0.3 is 10.1 Å². The van der Waals surface area contributed by atoms with E-state index in [9.17, 15) is 13.2 Å². The molecule has 0 aromatic heterocycles. The number of hydrogen-bond donors (Lipinski definition) is 1. The van der Waals surface area contributed by atoms with Gasteiger partial charge >= 0.3 is 0 Å². The summed E-state index contributed by atoms with van der Waals surface area (Å²) in [6.45, 7) is 3.97. The Labute approximate surface area is 218 Å². The molecule has 1 N–H and O–H groups in total. The molecule has 0 aliphatic rings. The number of rotatable bonds is 9. The fourth-order valence-corrected chi connectivity index (χ4v) is 5.49. The number of anilines is 1. The van der Waals surface area contributed by atoms with Gasteiger partial charge in [-0.15, -0.1) is 0 Å². The van der Waals surface area contributed by atoms with Crippen molar-refractivity contribution in [3.63, 3.8) is 0 Å². The van der Waals surface area contributed by atoms with E-state index in [0.717, 1.165) is 16.7 Å². The number of carbonyl (C=O) groups excluding carboxylic acids is 1. The van der Waals surface area contributed by atoms with Gasteiger partial charge in [-0.25, -0.2) is 8.42 Å². The molecule has 0 heterocycles. The van der Waals surface area contributed by atoms with Crippen LogP contribution in [-0.4, -0.2) is 21.4 Å². The highest BCUT2D eigenvalue weighted by molar-refractivity contribution is 7.92. The molecule has 190 valence electrons. The lowest BCUT2D eigenvalue weighted by molar-refractivity contribution is 0.0940. The number of nitrogens with one attached hydrogen (secondary N) is 1. The van der Waals surface area contributed by atoms with Gasteiger partial charge in [-0.3, -0.25) is 9.10 Å². The first kappa shape index (κ1) is 26.0. The maximum absolute atomic E-state index is 13.9. The number of carbonyl (C=O) groups is 1. The van der Waals surface area contributed by atoms with Crippen LogP contribution in [0.1, 0.15) is 40.0 Å². The highest BCUT2D eigenvalue weighted by Gasteiger charge is 2.29. The van der Waals surface area contributed by atoms with Crippen molar-refractivity contribution < 1.29 is 17.9 Å². The molecule has 1 amide bonds. The van der Waals surface area contributed by atoms with Gasteiger partial charge in [0, 0.05) is 0 Å². The van der Waals surface area contributed by atoms with E-state index >= 15 is 0 Å². The van der Waals surface area contributed by atoms with E-state index in [1.165, 1.54) is 23.5 Å². The molecule has 1 atom stereocenters. The Hall–Kier alpha value is -4.10. The highest BCUT2D eigenvalue weighted by atomic mass is 32.2. The zero-order chi connectivity index (χ0) is 26.4. The van der Waals surface area contributed by atoms with Gasteiger partial charge in [0.15, 0.2) is 0 Å². The molecule has 4 rings (SSSR count). The van der Waals surface area contributed by atoms with Crippen LogP contribution >= 0.6 is 0 Å². The van der Waals surface area contributed by atoms with Crippen LogP contribution in [0.3, 0.4) is 0 Å². The quantitative estimate of drug-likeness (QED) is 0.302. The van der Waals surface area contributed by atoms with Crippen molar-refractivity contribution in [1.82, 2.24) is 5.32 Å². The smallest absolute Gasteiger partial charge is 0.264 e. The fourth-order valence-electron chi connectivity index (χ4n) is 4.02. The summed E-state index contributed by atoms with van der Waals surface area (Å²) in [4.78, 5) is 13.6. The molecule has 4 aromatic rings. The first-order valence-corrected chi connectivity index (χ1v) is 13.4. The third-order valence-electron chi connectivity index (χ3n) is 6.16. The summed E-state index contributed by atoms with van der Waals surface area (Å²) in [5.74, 6) is 0.199. The van der Waals surface area contributed by atoms with E-state index in [4.69, 9.17) is 4.74 Å². The Balaban J connectivity index is 1.73. The second-order valence-electron chi connectivity index (χ2n) is 8.80. The summed E-state index contributed by atoms with van der Waals surface area (Å²) in [5, 5.41) is 3.02. The van der Waals surface area contributed by atoms with Crippen LogP contribution < -0.4 is 14.4 Å². The van der Waals surface area contributed by atoms with Crippen molar-refractivity contribution in [2.24, 2.45) is 0 Å². The Morgan fingerprint density at radius 1 is 0.865 bits per heavy atom. The number of amides is 1. The normalized spacial score (nSPS) is 12.0. The predicted molar refractivity (Wildman–Crippen MR) is 146 cm³/mol. The number of nitrogens with zero attached hydrogens (tertiary/aromatic N) is 1. The molecule has 0 radical (unpaired) electrons. The van der Waals surface area contributed by atoms with Gasteiger partial charge in [0.05, 0.1) is 35.8 Å². The van der Waals surface area contributed by atoms with Gasteiger partial charge in [0.1, 0.15) is 5.75 Å². The molecular formula is C30H30N2O4S. The minimum absolute atomic E-state index is 0.0625. The molecule has 0 aliphatic heterocycles. The maximum atomic E-state index is 13.9. The molecule has 7 heteroatoms. The monoisotopic (exact) mass is 514 g/mol. The number of benzene rings is 4. The van der Waals surface area contributed by atoms with E-state index < -0.39 is 10.0 Å². The topological polar surface area (TPSA) is 75.7 Å². The first-order valence-electron chi connectivity index (χ1n) is 12.0. The number of aryl methyl sites for hydroxylation is 1. The van der Waals surface area contributed by atoms with E-state index in [-0.39, 0.29) is 29.0 Å². The molecule has 0 saturated heterocycles. The summed E-state index contributed by atoms with van der Waals surface area (Å²) in [7, 11) is -2.50. The lowest BCUT2D eigenvalue weighted by Gasteiger charge is -2.27. The highest BCUT2D eigenvalue weighted by Crippen LogP contribution is 2.30. The SMILES string of the molecule is COc1ccc(S(=O)(=O)N(Cc2ccccc2)c2ccccc2C(=O)N[C@@H](C)c2ccc(C)cc2)cc1. The second kappa shape index (κ2) is 11.3.